The van der Waals surface area contributed by atoms with Crippen molar-refractivity contribution in [2.75, 3.05) is 12.3 Å². The molecule has 1 aliphatic rings. The van der Waals surface area contributed by atoms with Crippen LogP contribution in [-0.4, -0.2) is 11.8 Å². The van der Waals surface area contributed by atoms with Gasteiger partial charge in [0.15, 0.2) is 0 Å². The molecule has 2 N–H and O–H groups in total. The predicted molar refractivity (Wildman–Crippen MR) is 69.5 cm³/mol. The maximum absolute atomic E-state index is 13.5. The van der Waals surface area contributed by atoms with Gasteiger partial charge in [0.05, 0.1) is 23.4 Å². The lowest BCUT2D eigenvalue weighted by molar-refractivity contribution is 0.301. The molecule has 1 heterocycles. The molecule has 1 fully saturated rings. The molecular weight excluding hydrogens is 271 g/mol. The average Bonchev–Trinajstić information content (AvgIpc) is 3.08. The Balaban J connectivity index is 2.02. The van der Waals surface area contributed by atoms with Crippen LogP contribution in [0.15, 0.2) is 22.9 Å². The number of ether oxygens (including phenoxy) is 1. The molecule has 4 nitrogen and oxygen atoms in total. The molecule has 3 rings (SSSR count). The molecule has 0 atom stereocenters. The molecule has 1 saturated carbocycles. The Morgan fingerprint density at radius 3 is 2.84 bits per heavy atom. The van der Waals surface area contributed by atoms with Gasteiger partial charge in [0, 0.05) is 5.56 Å². The first-order chi connectivity index (χ1) is 9.15. The van der Waals surface area contributed by atoms with E-state index in [1.165, 1.54) is 18.3 Å². The topological polar surface area (TPSA) is 61.3 Å². The molecule has 2 aromatic rings. The van der Waals surface area contributed by atoms with E-state index in [-0.39, 0.29) is 10.9 Å². The van der Waals surface area contributed by atoms with Crippen molar-refractivity contribution in [3.8, 4) is 16.9 Å². The van der Waals surface area contributed by atoms with Gasteiger partial charge in [0.25, 0.3) is 0 Å². The van der Waals surface area contributed by atoms with Crippen LogP contribution in [0.5, 0.6) is 5.75 Å². The number of hydrogen-bond donors (Lipinski definition) is 1. The van der Waals surface area contributed by atoms with E-state index < -0.39 is 5.82 Å². The summed E-state index contributed by atoms with van der Waals surface area (Å²) in [6.07, 6.45) is 3.73. The van der Waals surface area contributed by atoms with Crippen molar-refractivity contribution in [2.45, 2.75) is 12.8 Å². The van der Waals surface area contributed by atoms with Crippen LogP contribution in [0.25, 0.3) is 11.1 Å². The van der Waals surface area contributed by atoms with E-state index in [4.69, 9.17) is 26.6 Å². The van der Waals surface area contributed by atoms with Crippen LogP contribution in [0.3, 0.4) is 0 Å². The number of nitrogens with two attached hydrogens (primary N) is 1. The first-order valence-corrected chi connectivity index (χ1v) is 6.35. The summed E-state index contributed by atoms with van der Waals surface area (Å²) >= 11 is 6.05. The molecule has 0 radical (unpaired) electrons. The minimum Gasteiger partial charge on any atom is -0.491 e. The molecule has 0 spiro atoms. The average molecular weight is 283 g/mol. The van der Waals surface area contributed by atoms with Crippen molar-refractivity contribution in [1.29, 1.82) is 0 Å². The quantitative estimate of drug-likeness (QED) is 0.932. The van der Waals surface area contributed by atoms with Crippen molar-refractivity contribution >= 4 is 17.5 Å². The molecule has 1 aliphatic carbocycles. The van der Waals surface area contributed by atoms with Gasteiger partial charge in [-0.05, 0) is 30.9 Å². The van der Waals surface area contributed by atoms with E-state index >= 15 is 0 Å². The Morgan fingerprint density at radius 1 is 1.42 bits per heavy atom. The highest BCUT2D eigenvalue weighted by Gasteiger charge is 2.24. The zero-order valence-electron chi connectivity index (χ0n) is 10.0. The van der Waals surface area contributed by atoms with Gasteiger partial charge in [-0.15, -0.1) is 0 Å². The number of hydrogen-bond acceptors (Lipinski definition) is 4. The summed E-state index contributed by atoms with van der Waals surface area (Å²) < 4.78 is 24.0. The van der Waals surface area contributed by atoms with Crippen molar-refractivity contribution in [1.82, 2.24) is 5.16 Å². The second-order valence-corrected chi connectivity index (χ2v) is 5.03. The third kappa shape index (κ3) is 2.51. The van der Waals surface area contributed by atoms with Gasteiger partial charge in [0.2, 0.25) is 5.88 Å². The third-order valence-electron chi connectivity index (χ3n) is 3.06. The molecule has 100 valence electrons. The van der Waals surface area contributed by atoms with Gasteiger partial charge in [-0.25, -0.2) is 4.39 Å². The highest BCUT2D eigenvalue weighted by Crippen LogP contribution is 2.40. The van der Waals surface area contributed by atoms with Gasteiger partial charge in [-0.1, -0.05) is 16.8 Å². The Kier molecular flexibility index (Phi) is 3.06. The maximum atomic E-state index is 13.5. The zero-order chi connectivity index (χ0) is 13.4. The van der Waals surface area contributed by atoms with Crippen LogP contribution >= 0.6 is 11.6 Å². The molecule has 0 saturated heterocycles. The van der Waals surface area contributed by atoms with Crippen LogP contribution in [0.4, 0.5) is 10.3 Å². The largest absolute Gasteiger partial charge is 0.491 e. The van der Waals surface area contributed by atoms with Crippen LogP contribution in [0.1, 0.15) is 12.8 Å². The molecule has 6 heteroatoms. The first kappa shape index (κ1) is 12.3. The lowest BCUT2D eigenvalue weighted by atomic mass is 10.1. The Labute approximate surface area is 114 Å². The van der Waals surface area contributed by atoms with Crippen molar-refractivity contribution < 1.29 is 13.7 Å². The van der Waals surface area contributed by atoms with E-state index in [1.807, 2.05) is 0 Å². The highest BCUT2D eigenvalue weighted by atomic mass is 35.5. The van der Waals surface area contributed by atoms with E-state index in [2.05, 4.69) is 5.16 Å². The van der Waals surface area contributed by atoms with Crippen molar-refractivity contribution in [3.05, 3.63) is 29.2 Å². The third-order valence-corrected chi connectivity index (χ3v) is 3.34. The van der Waals surface area contributed by atoms with Crippen LogP contribution < -0.4 is 10.5 Å². The molecule has 0 amide bonds. The monoisotopic (exact) mass is 282 g/mol. The number of nitrogen functional groups attached to an aromatic ring is 1. The number of halogens is 2. The molecule has 1 aromatic heterocycles. The summed E-state index contributed by atoms with van der Waals surface area (Å²) in [5.41, 5.74) is 6.60. The Morgan fingerprint density at radius 2 is 2.21 bits per heavy atom. The summed E-state index contributed by atoms with van der Waals surface area (Å²) in [7, 11) is 0. The summed E-state index contributed by atoms with van der Waals surface area (Å²) in [6, 6.07) is 2.54. The van der Waals surface area contributed by atoms with Gasteiger partial charge in [-0.2, -0.15) is 0 Å². The number of aromatic nitrogens is 1. The van der Waals surface area contributed by atoms with E-state index in [1.54, 1.807) is 0 Å². The summed E-state index contributed by atoms with van der Waals surface area (Å²) in [5, 5.41) is 3.80. The van der Waals surface area contributed by atoms with Crippen molar-refractivity contribution in [3.63, 3.8) is 0 Å². The smallest absolute Gasteiger partial charge is 0.230 e. The Hall–Kier alpha value is -1.75. The van der Waals surface area contributed by atoms with Crippen LogP contribution in [0.2, 0.25) is 5.02 Å². The highest BCUT2D eigenvalue weighted by molar-refractivity contribution is 6.32. The number of benzene rings is 1. The lowest BCUT2D eigenvalue weighted by Gasteiger charge is -2.12. The standard InChI is InChI=1S/C13H12ClFN2O2/c14-11-4-8(15)3-9(10-5-17-19-13(10)16)12(11)18-6-7-1-2-7/h3-5,7H,1-2,6,16H2. The molecule has 0 aliphatic heterocycles. The second kappa shape index (κ2) is 4.74. The summed E-state index contributed by atoms with van der Waals surface area (Å²) in [5.74, 6) is 0.635. The SMILES string of the molecule is Nc1oncc1-c1cc(F)cc(Cl)c1OCC1CC1. The maximum Gasteiger partial charge on any atom is 0.230 e. The molecule has 1 aromatic carbocycles. The number of nitrogens with zero attached hydrogens (tertiary/aromatic N) is 1. The minimum atomic E-state index is -0.459. The number of rotatable bonds is 4. The fourth-order valence-electron chi connectivity index (χ4n) is 1.84. The first-order valence-electron chi connectivity index (χ1n) is 5.97. The van der Waals surface area contributed by atoms with Crippen molar-refractivity contribution in [2.24, 2.45) is 5.92 Å². The molecule has 0 bridgehead atoms. The summed E-state index contributed by atoms with van der Waals surface area (Å²) in [4.78, 5) is 0. The zero-order valence-corrected chi connectivity index (χ0v) is 10.8. The fraction of sp³-hybridized carbons (Fsp3) is 0.308. The van der Waals surface area contributed by atoms with E-state index in [0.29, 0.717) is 29.4 Å². The fourth-order valence-corrected chi connectivity index (χ4v) is 2.10. The number of anilines is 1. The second-order valence-electron chi connectivity index (χ2n) is 4.62. The van der Waals surface area contributed by atoms with Gasteiger partial charge in [-0.3, -0.25) is 0 Å². The van der Waals surface area contributed by atoms with Crippen LogP contribution in [0, 0.1) is 11.7 Å². The predicted octanol–water partition coefficient (Wildman–Crippen LogP) is 3.51. The molecular formula is C13H12ClFN2O2. The molecule has 0 unspecified atom stereocenters. The minimum absolute atomic E-state index is 0.109. The van der Waals surface area contributed by atoms with Gasteiger partial charge >= 0.3 is 0 Å². The normalized spacial score (nSPS) is 14.6. The lowest BCUT2D eigenvalue weighted by Crippen LogP contribution is -2.02. The Bertz CT molecular complexity index is 611. The molecule has 19 heavy (non-hydrogen) atoms. The van der Waals surface area contributed by atoms with E-state index in [0.717, 1.165) is 12.8 Å². The van der Waals surface area contributed by atoms with Gasteiger partial charge in [0.1, 0.15) is 11.6 Å². The van der Waals surface area contributed by atoms with Gasteiger partial charge < -0.3 is 15.0 Å². The van der Waals surface area contributed by atoms with Crippen LogP contribution in [-0.2, 0) is 0 Å². The summed E-state index contributed by atoms with van der Waals surface area (Å²) in [6.45, 7) is 0.573. The van der Waals surface area contributed by atoms with E-state index in [9.17, 15) is 4.39 Å².